The summed E-state index contributed by atoms with van der Waals surface area (Å²) in [5.41, 5.74) is 0. The molecule has 2 aliphatic rings. The summed E-state index contributed by atoms with van der Waals surface area (Å²) in [5.74, 6) is -0.0266. The molecule has 2 fully saturated rings. The van der Waals surface area contributed by atoms with Gasteiger partial charge < -0.3 is 9.64 Å². The van der Waals surface area contributed by atoms with E-state index in [1.165, 1.54) is 45.2 Å². The second-order valence-electron chi connectivity index (χ2n) is 6.12. The zero-order valence-electron chi connectivity index (χ0n) is 12.3. The van der Waals surface area contributed by atoms with Gasteiger partial charge in [-0.05, 0) is 51.6 Å². The summed E-state index contributed by atoms with van der Waals surface area (Å²) in [6.07, 6.45) is 8.83. The first-order valence-electron chi connectivity index (χ1n) is 7.61. The van der Waals surface area contributed by atoms with Crippen LogP contribution in [0.3, 0.4) is 0 Å². The smallest absolute Gasteiger partial charge is 0.308 e. The highest BCUT2D eigenvalue weighted by molar-refractivity contribution is 5.85. The van der Waals surface area contributed by atoms with Gasteiger partial charge in [-0.25, -0.2) is 0 Å². The average molecular weight is 290 g/mol. The van der Waals surface area contributed by atoms with Crippen molar-refractivity contribution in [2.45, 2.75) is 70.9 Å². The van der Waals surface area contributed by atoms with Crippen LogP contribution in [-0.4, -0.2) is 36.1 Å². The van der Waals surface area contributed by atoms with E-state index in [0.29, 0.717) is 0 Å². The second-order valence-corrected chi connectivity index (χ2v) is 6.12. The molecule has 1 heterocycles. The fourth-order valence-corrected chi connectivity index (χ4v) is 3.11. The molecular weight excluding hydrogens is 262 g/mol. The van der Waals surface area contributed by atoms with Crippen molar-refractivity contribution in [3.05, 3.63) is 0 Å². The highest BCUT2D eigenvalue weighted by Crippen LogP contribution is 2.27. The van der Waals surface area contributed by atoms with Gasteiger partial charge in [0.25, 0.3) is 0 Å². The molecule has 1 saturated heterocycles. The number of halogens is 1. The maximum absolute atomic E-state index is 11.6. The molecule has 0 spiro atoms. The van der Waals surface area contributed by atoms with E-state index in [9.17, 15) is 4.79 Å². The molecule has 1 aliphatic heterocycles. The summed E-state index contributed by atoms with van der Waals surface area (Å²) in [6.45, 7) is 6.37. The van der Waals surface area contributed by atoms with Gasteiger partial charge in [0, 0.05) is 6.04 Å². The zero-order valence-corrected chi connectivity index (χ0v) is 13.1. The number of nitrogens with zero attached hydrogens (tertiary/aromatic N) is 1. The van der Waals surface area contributed by atoms with Crippen LogP contribution in [0.25, 0.3) is 0 Å². The lowest BCUT2D eigenvalue weighted by Crippen LogP contribution is -2.42. The van der Waals surface area contributed by atoms with Crippen LogP contribution in [0, 0.1) is 5.92 Å². The minimum atomic E-state index is -0.0311. The fourth-order valence-electron chi connectivity index (χ4n) is 3.11. The fraction of sp³-hybridized carbons (Fsp3) is 0.933. The van der Waals surface area contributed by atoms with Gasteiger partial charge in [-0.15, -0.1) is 12.4 Å². The Labute approximate surface area is 123 Å². The summed E-state index contributed by atoms with van der Waals surface area (Å²) in [7, 11) is 0. The van der Waals surface area contributed by atoms with Crippen LogP contribution in [0.5, 0.6) is 0 Å². The molecule has 0 atom stereocenters. The normalized spacial score (nSPS) is 28.8. The Balaban J connectivity index is 0.00000180. The van der Waals surface area contributed by atoms with Crippen LogP contribution in [0.2, 0.25) is 0 Å². The molecule has 0 aromatic carbocycles. The van der Waals surface area contributed by atoms with Crippen molar-refractivity contribution < 1.29 is 9.53 Å². The van der Waals surface area contributed by atoms with Crippen LogP contribution in [0.15, 0.2) is 0 Å². The standard InChI is InChI=1S/C15H27NO2.ClH/c1-12(2)15(17)18-14-8-6-13(7-9-14)16-10-4-3-5-11-16;/h12-14H,3-11H2,1-2H3;1H. The predicted octanol–water partition coefficient (Wildman–Crippen LogP) is 3.40. The molecule has 0 N–H and O–H groups in total. The van der Waals surface area contributed by atoms with E-state index in [0.717, 1.165) is 18.9 Å². The Bertz CT molecular complexity index is 269. The number of carbonyl (C=O) groups is 1. The number of ether oxygens (including phenoxy) is 1. The van der Waals surface area contributed by atoms with Gasteiger partial charge in [0.15, 0.2) is 0 Å². The van der Waals surface area contributed by atoms with E-state index in [4.69, 9.17) is 4.74 Å². The number of piperidine rings is 1. The number of esters is 1. The zero-order chi connectivity index (χ0) is 13.0. The van der Waals surface area contributed by atoms with E-state index in [1.807, 2.05) is 13.8 Å². The predicted molar refractivity (Wildman–Crippen MR) is 79.6 cm³/mol. The molecule has 19 heavy (non-hydrogen) atoms. The maximum Gasteiger partial charge on any atom is 0.308 e. The summed E-state index contributed by atoms with van der Waals surface area (Å²) >= 11 is 0. The Morgan fingerprint density at radius 3 is 2.16 bits per heavy atom. The van der Waals surface area contributed by atoms with Gasteiger partial charge >= 0.3 is 5.97 Å². The number of carbonyl (C=O) groups excluding carboxylic acids is 1. The Kier molecular flexibility index (Phi) is 7.16. The van der Waals surface area contributed by atoms with Crippen molar-refractivity contribution in [2.24, 2.45) is 5.92 Å². The van der Waals surface area contributed by atoms with Crippen LogP contribution in [0.1, 0.15) is 58.8 Å². The van der Waals surface area contributed by atoms with Gasteiger partial charge in [0.2, 0.25) is 0 Å². The Morgan fingerprint density at radius 2 is 1.63 bits per heavy atom. The van der Waals surface area contributed by atoms with Crippen LogP contribution in [0.4, 0.5) is 0 Å². The summed E-state index contributed by atoms with van der Waals surface area (Å²) in [5, 5.41) is 0. The molecule has 3 nitrogen and oxygen atoms in total. The minimum absolute atomic E-state index is 0. The van der Waals surface area contributed by atoms with Crippen LogP contribution < -0.4 is 0 Å². The third-order valence-corrected chi connectivity index (χ3v) is 4.31. The Hall–Kier alpha value is -0.280. The molecule has 112 valence electrons. The summed E-state index contributed by atoms with van der Waals surface area (Å²) in [4.78, 5) is 14.2. The molecule has 1 saturated carbocycles. The van der Waals surface area contributed by atoms with Crippen LogP contribution >= 0.6 is 12.4 Å². The molecule has 0 aromatic rings. The highest BCUT2D eigenvalue weighted by Gasteiger charge is 2.28. The van der Waals surface area contributed by atoms with Gasteiger partial charge in [0.05, 0.1) is 5.92 Å². The molecule has 0 aromatic heterocycles. The summed E-state index contributed by atoms with van der Waals surface area (Å²) in [6, 6.07) is 0.749. The van der Waals surface area contributed by atoms with E-state index in [1.54, 1.807) is 0 Å². The lowest BCUT2D eigenvalue weighted by atomic mass is 9.90. The van der Waals surface area contributed by atoms with E-state index in [2.05, 4.69) is 4.90 Å². The van der Waals surface area contributed by atoms with E-state index >= 15 is 0 Å². The van der Waals surface area contributed by atoms with Crippen molar-refractivity contribution in [3.8, 4) is 0 Å². The number of rotatable bonds is 3. The van der Waals surface area contributed by atoms with E-state index < -0.39 is 0 Å². The minimum Gasteiger partial charge on any atom is -0.462 e. The van der Waals surface area contributed by atoms with Crippen molar-refractivity contribution in [3.63, 3.8) is 0 Å². The molecule has 0 bridgehead atoms. The molecular formula is C15H28ClNO2. The molecule has 0 radical (unpaired) electrons. The number of hydrogen-bond acceptors (Lipinski definition) is 3. The molecule has 1 aliphatic carbocycles. The topological polar surface area (TPSA) is 29.5 Å². The van der Waals surface area contributed by atoms with Crippen molar-refractivity contribution in [1.82, 2.24) is 4.90 Å². The van der Waals surface area contributed by atoms with Crippen molar-refractivity contribution in [1.29, 1.82) is 0 Å². The quantitative estimate of drug-likeness (QED) is 0.746. The second kappa shape index (κ2) is 8.11. The van der Waals surface area contributed by atoms with Crippen LogP contribution in [-0.2, 0) is 9.53 Å². The van der Waals surface area contributed by atoms with Crippen molar-refractivity contribution in [2.75, 3.05) is 13.1 Å². The largest absolute Gasteiger partial charge is 0.462 e. The third-order valence-electron chi connectivity index (χ3n) is 4.31. The van der Waals surface area contributed by atoms with Gasteiger partial charge in [-0.3, -0.25) is 4.79 Å². The number of hydrogen-bond donors (Lipinski definition) is 0. The Morgan fingerprint density at radius 1 is 1.05 bits per heavy atom. The first-order chi connectivity index (χ1) is 8.66. The maximum atomic E-state index is 11.6. The monoisotopic (exact) mass is 289 g/mol. The lowest BCUT2D eigenvalue weighted by molar-refractivity contribution is -0.154. The first-order valence-corrected chi connectivity index (χ1v) is 7.61. The van der Waals surface area contributed by atoms with Gasteiger partial charge in [-0.1, -0.05) is 20.3 Å². The molecule has 4 heteroatoms. The summed E-state index contributed by atoms with van der Waals surface area (Å²) < 4.78 is 5.53. The van der Waals surface area contributed by atoms with Gasteiger partial charge in [-0.2, -0.15) is 0 Å². The lowest BCUT2D eigenvalue weighted by Gasteiger charge is -2.38. The highest BCUT2D eigenvalue weighted by atomic mass is 35.5. The number of likely N-dealkylation sites (tertiary alicyclic amines) is 1. The van der Waals surface area contributed by atoms with Gasteiger partial charge in [0.1, 0.15) is 6.10 Å². The first kappa shape index (κ1) is 16.8. The van der Waals surface area contributed by atoms with E-state index in [-0.39, 0.29) is 30.4 Å². The van der Waals surface area contributed by atoms with Crippen molar-refractivity contribution >= 4 is 18.4 Å². The SMILES string of the molecule is CC(C)C(=O)OC1CCC(N2CCCCC2)CC1.Cl. The average Bonchev–Trinajstić information content (AvgIpc) is 2.40. The third kappa shape index (κ3) is 4.96. The molecule has 0 amide bonds. The molecule has 2 rings (SSSR count). The molecule has 0 unspecified atom stereocenters.